The first-order chi connectivity index (χ1) is 16.5. The zero-order valence-corrected chi connectivity index (χ0v) is 18.5. The van der Waals surface area contributed by atoms with Gasteiger partial charge < -0.3 is 10.6 Å². The first-order valence-electron chi connectivity index (χ1n) is 11.4. The molecule has 170 valence electrons. The van der Waals surface area contributed by atoms with Crippen LogP contribution < -0.4 is 16.3 Å². The van der Waals surface area contributed by atoms with E-state index in [1.54, 1.807) is 18.3 Å². The van der Waals surface area contributed by atoms with E-state index in [0.29, 0.717) is 29.0 Å². The minimum atomic E-state index is -0.342. The molecule has 2 N–H and O–H groups in total. The van der Waals surface area contributed by atoms with E-state index in [9.17, 15) is 14.4 Å². The van der Waals surface area contributed by atoms with Gasteiger partial charge >= 0.3 is 5.69 Å². The number of nitrogens with one attached hydrogen (secondary N) is 2. The van der Waals surface area contributed by atoms with Crippen molar-refractivity contribution < 1.29 is 9.59 Å². The number of hydrogen-bond acceptors (Lipinski definition) is 4. The topological polar surface area (TPSA) is 98.0 Å². The summed E-state index contributed by atoms with van der Waals surface area (Å²) >= 11 is 0. The van der Waals surface area contributed by atoms with E-state index in [2.05, 4.69) is 15.6 Å². The van der Waals surface area contributed by atoms with Crippen LogP contribution in [0.1, 0.15) is 17.5 Å². The second-order valence-electron chi connectivity index (χ2n) is 9.05. The zero-order chi connectivity index (χ0) is 23.3. The molecule has 3 heterocycles. The van der Waals surface area contributed by atoms with Gasteiger partial charge in [0, 0.05) is 18.4 Å². The summed E-state index contributed by atoms with van der Waals surface area (Å²) in [5.74, 6) is 0.335. The molecule has 2 aromatic heterocycles. The number of para-hydroxylation sites is 2. The number of rotatable bonds is 4. The quantitative estimate of drug-likeness (QED) is 0.496. The predicted molar refractivity (Wildman–Crippen MR) is 128 cm³/mol. The molecule has 6 rings (SSSR count). The van der Waals surface area contributed by atoms with Gasteiger partial charge in [-0.2, -0.15) is 0 Å². The number of nitrogens with zero attached hydrogens (tertiary/aromatic N) is 3. The highest BCUT2D eigenvalue weighted by Gasteiger charge is 2.46. The van der Waals surface area contributed by atoms with Gasteiger partial charge in [0.05, 0.1) is 16.4 Å². The van der Waals surface area contributed by atoms with Gasteiger partial charge in [-0.05, 0) is 66.8 Å². The molecule has 0 bridgehead atoms. The summed E-state index contributed by atoms with van der Waals surface area (Å²) in [4.78, 5) is 42.9. The van der Waals surface area contributed by atoms with Crippen molar-refractivity contribution in [3.8, 4) is 5.82 Å². The number of imidazole rings is 1. The Morgan fingerprint density at radius 1 is 1.00 bits per heavy atom. The lowest BCUT2D eigenvalue weighted by atomic mass is 9.83. The van der Waals surface area contributed by atoms with E-state index in [1.165, 1.54) is 9.13 Å². The summed E-state index contributed by atoms with van der Waals surface area (Å²) in [5.41, 5.74) is 3.61. The Balaban J connectivity index is 1.27. The smallest absolute Gasteiger partial charge is 0.335 e. The fourth-order valence-electron chi connectivity index (χ4n) is 5.30. The van der Waals surface area contributed by atoms with Crippen LogP contribution in [-0.4, -0.2) is 32.5 Å². The van der Waals surface area contributed by atoms with Gasteiger partial charge in [-0.3, -0.25) is 14.2 Å². The van der Waals surface area contributed by atoms with Gasteiger partial charge in [0.25, 0.3) is 0 Å². The maximum Gasteiger partial charge on any atom is 0.335 e. The van der Waals surface area contributed by atoms with Crippen LogP contribution in [0.4, 0.5) is 5.69 Å². The second-order valence-corrected chi connectivity index (χ2v) is 9.05. The first kappa shape index (κ1) is 20.4. The minimum absolute atomic E-state index is 0.122. The fourth-order valence-corrected chi connectivity index (χ4v) is 5.30. The van der Waals surface area contributed by atoms with Crippen molar-refractivity contribution in [2.75, 3.05) is 11.9 Å². The van der Waals surface area contributed by atoms with Gasteiger partial charge in [0.15, 0.2) is 0 Å². The molecule has 1 aliphatic carbocycles. The molecule has 1 unspecified atom stereocenters. The van der Waals surface area contributed by atoms with Crippen molar-refractivity contribution in [2.45, 2.75) is 25.8 Å². The molecule has 1 spiro atoms. The summed E-state index contributed by atoms with van der Waals surface area (Å²) in [6.07, 6.45) is 3.90. The number of benzene rings is 2. The Hall–Kier alpha value is -4.20. The number of anilines is 1. The first-order valence-corrected chi connectivity index (χ1v) is 11.4. The zero-order valence-electron chi connectivity index (χ0n) is 18.5. The summed E-state index contributed by atoms with van der Waals surface area (Å²) in [6, 6.07) is 18.5. The lowest BCUT2D eigenvalue weighted by molar-refractivity contribution is -0.127. The molecule has 34 heavy (non-hydrogen) atoms. The van der Waals surface area contributed by atoms with Crippen LogP contribution in [0.15, 0.2) is 71.7 Å². The van der Waals surface area contributed by atoms with Crippen LogP contribution >= 0.6 is 0 Å². The molecule has 0 saturated carbocycles. The van der Waals surface area contributed by atoms with Crippen LogP contribution in [0.3, 0.4) is 0 Å². The van der Waals surface area contributed by atoms with Crippen molar-refractivity contribution in [2.24, 2.45) is 5.41 Å². The summed E-state index contributed by atoms with van der Waals surface area (Å²) in [7, 11) is 0. The van der Waals surface area contributed by atoms with E-state index < -0.39 is 0 Å². The molecule has 8 heteroatoms. The Morgan fingerprint density at radius 3 is 2.56 bits per heavy atom. The SMILES string of the molecule is O=C(Cn1c(=O)n(-c2ccccn2)c2ccccc21)Nc1ccc2c(c1)CC1(CCNC1=O)C2. The normalized spacial score (nSPS) is 18.9. The molecule has 2 amide bonds. The highest BCUT2D eigenvalue weighted by molar-refractivity contribution is 5.92. The van der Waals surface area contributed by atoms with E-state index >= 15 is 0 Å². The number of aromatic nitrogens is 3. The Morgan fingerprint density at radius 2 is 1.79 bits per heavy atom. The number of pyridine rings is 1. The number of carbonyl (C=O) groups excluding carboxylic acids is 2. The highest BCUT2D eigenvalue weighted by atomic mass is 16.2. The summed E-state index contributed by atoms with van der Waals surface area (Å²) in [6.45, 7) is 0.597. The van der Waals surface area contributed by atoms with E-state index in [4.69, 9.17) is 0 Å². The van der Waals surface area contributed by atoms with Crippen LogP contribution in [0, 0.1) is 5.41 Å². The van der Waals surface area contributed by atoms with Crippen LogP contribution in [-0.2, 0) is 29.0 Å². The van der Waals surface area contributed by atoms with Crippen molar-refractivity contribution >= 4 is 28.5 Å². The Bertz CT molecular complexity index is 1500. The van der Waals surface area contributed by atoms with E-state index in [-0.39, 0.29) is 29.5 Å². The maximum atomic E-state index is 13.3. The third kappa shape index (κ3) is 3.22. The monoisotopic (exact) mass is 453 g/mol. The third-order valence-corrected chi connectivity index (χ3v) is 6.93. The molecule has 0 radical (unpaired) electrons. The average Bonchev–Trinajstić information content (AvgIpc) is 3.48. The van der Waals surface area contributed by atoms with E-state index in [1.807, 2.05) is 48.5 Å². The standard InChI is InChI=1S/C26H23N5O3/c32-23(29-19-9-8-17-14-26(15-18(17)13-19)10-12-28-24(26)33)16-30-20-5-1-2-6-21(20)31(25(30)34)22-7-3-4-11-27-22/h1-9,11,13H,10,12,14-16H2,(H,28,33)(H,29,32). The number of fused-ring (bicyclic) bond motifs is 2. The minimum Gasteiger partial charge on any atom is -0.356 e. The number of amides is 2. The molecule has 1 fully saturated rings. The van der Waals surface area contributed by atoms with Crippen LogP contribution in [0.2, 0.25) is 0 Å². The molecule has 2 aromatic carbocycles. The molecule has 1 aliphatic heterocycles. The largest absolute Gasteiger partial charge is 0.356 e. The average molecular weight is 454 g/mol. The lowest BCUT2D eigenvalue weighted by Gasteiger charge is -2.17. The number of carbonyl (C=O) groups is 2. The summed E-state index contributed by atoms with van der Waals surface area (Å²) < 4.78 is 2.98. The molecular formula is C26H23N5O3. The third-order valence-electron chi connectivity index (χ3n) is 6.93. The maximum absolute atomic E-state index is 13.3. The van der Waals surface area contributed by atoms with Crippen molar-refractivity contribution in [1.82, 2.24) is 19.4 Å². The second kappa shape index (κ2) is 7.69. The molecule has 1 atom stereocenters. The molecule has 4 aromatic rings. The summed E-state index contributed by atoms with van der Waals surface area (Å²) in [5, 5.41) is 5.87. The Kier molecular flexibility index (Phi) is 4.62. The van der Waals surface area contributed by atoms with Gasteiger partial charge in [-0.15, -0.1) is 0 Å². The lowest BCUT2D eigenvalue weighted by Crippen LogP contribution is -2.31. The van der Waals surface area contributed by atoms with Gasteiger partial charge in [-0.1, -0.05) is 24.3 Å². The van der Waals surface area contributed by atoms with E-state index in [0.717, 1.165) is 30.5 Å². The molecule has 2 aliphatic rings. The van der Waals surface area contributed by atoms with Gasteiger partial charge in [-0.25, -0.2) is 14.3 Å². The molecular weight excluding hydrogens is 430 g/mol. The van der Waals surface area contributed by atoms with Crippen molar-refractivity contribution in [3.63, 3.8) is 0 Å². The highest BCUT2D eigenvalue weighted by Crippen LogP contribution is 2.42. The predicted octanol–water partition coefficient (Wildman–Crippen LogP) is 2.43. The molecule has 8 nitrogen and oxygen atoms in total. The molecule has 1 saturated heterocycles. The van der Waals surface area contributed by atoms with Crippen molar-refractivity contribution in [1.29, 1.82) is 0 Å². The fraction of sp³-hybridized carbons (Fsp3) is 0.231. The van der Waals surface area contributed by atoms with Gasteiger partial charge in [0.2, 0.25) is 11.8 Å². The van der Waals surface area contributed by atoms with Crippen LogP contribution in [0.25, 0.3) is 16.9 Å². The van der Waals surface area contributed by atoms with Gasteiger partial charge in [0.1, 0.15) is 12.4 Å². The number of hydrogen-bond donors (Lipinski definition) is 2. The van der Waals surface area contributed by atoms with Crippen LogP contribution in [0.5, 0.6) is 0 Å². The Labute approximate surface area is 195 Å². The van der Waals surface area contributed by atoms with Crippen molar-refractivity contribution in [3.05, 3.63) is 88.5 Å².